The number of hydrogen-bond donors (Lipinski definition) is 3. The van der Waals surface area contributed by atoms with Crippen molar-refractivity contribution in [2.75, 3.05) is 21.5 Å². The second kappa shape index (κ2) is 24.6. The molecule has 0 radical (unpaired) electrons. The molecule has 4 aromatic carbocycles. The van der Waals surface area contributed by atoms with Gasteiger partial charge in [0.1, 0.15) is 11.4 Å². The van der Waals surface area contributed by atoms with Crippen LogP contribution in [0.1, 0.15) is 54.4 Å². The monoisotopic (exact) mass is 1140 g/mol. The lowest BCUT2D eigenvalue weighted by Crippen LogP contribution is -2.29. The molecule has 0 saturated heterocycles. The van der Waals surface area contributed by atoms with E-state index in [1.54, 1.807) is 24.3 Å². The fourth-order valence-electron chi connectivity index (χ4n) is 5.52. The highest BCUT2D eigenvalue weighted by Gasteiger charge is 2.33. The van der Waals surface area contributed by atoms with E-state index in [9.17, 15) is 52.8 Å². The third kappa shape index (κ3) is 17.9. The highest BCUT2D eigenvalue weighted by Crippen LogP contribution is 2.31. The number of benzene rings is 4. The van der Waals surface area contributed by atoms with Crippen molar-refractivity contribution in [1.82, 2.24) is 20.6 Å². The molecule has 0 saturated carbocycles. The Kier molecular flexibility index (Phi) is 20.1. The van der Waals surface area contributed by atoms with Gasteiger partial charge in [-0.1, -0.05) is 98.7 Å². The molecule has 2 heterocycles. The van der Waals surface area contributed by atoms with Crippen LogP contribution >= 0.6 is 62.3 Å². The molecule has 6 rings (SSSR count). The van der Waals surface area contributed by atoms with Crippen molar-refractivity contribution >= 4 is 106 Å². The number of amides is 2. The molecule has 368 valence electrons. The van der Waals surface area contributed by atoms with Gasteiger partial charge in [0, 0.05) is 47.6 Å². The van der Waals surface area contributed by atoms with Crippen molar-refractivity contribution in [3.05, 3.63) is 186 Å². The standard InChI is InChI=1S/C22H18Cl2F3N3O3S.C15H14F3N3O3S.C7H5BrCl2/c1-34(32,33)30(13-16-3-2-4-18(23)20(16)24)17-8-6-15(7-9-17)21(31)29-12-14-5-10-19(28-11-14)22(25,26)27;1-25(23,24)21-12-5-3-11(4-6-12)14(22)20-9-10-2-7-13(19-8-10)15(16,17)18;8-4-5-2-1-3-6(9)7(5)10/h2-11H,12-13H2,1H3,(H,29,31);2-8,21H,9H2,1H3,(H,20,22);1-3H,4H2. The normalized spacial score (nSPS) is 11.6. The van der Waals surface area contributed by atoms with Gasteiger partial charge in [0.2, 0.25) is 20.0 Å². The van der Waals surface area contributed by atoms with E-state index in [0.717, 1.165) is 52.2 Å². The third-order valence-corrected chi connectivity index (χ3v) is 13.0. The first-order chi connectivity index (χ1) is 32.2. The zero-order valence-corrected chi connectivity index (χ0v) is 41.9. The molecule has 2 aromatic heterocycles. The number of nitrogens with zero attached hydrogens (tertiary/aromatic N) is 3. The molecule has 0 atom stereocenters. The molecule has 2 amide bonds. The van der Waals surface area contributed by atoms with Crippen molar-refractivity contribution in [2.45, 2.75) is 37.3 Å². The van der Waals surface area contributed by atoms with E-state index < -0.39 is 55.6 Å². The summed E-state index contributed by atoms with van der Waals surface area (Å²) in [6, 6.07) is 26.1. The van der Waals surface area contributed by atoms with Crippen LogP contribution in [0.25, 0.3) is 0 Å². The first kappa shape index (κ1) is 56.4. The summed E-state index contributed by atoms with van der Waals surface area (Å²) in [5.74, 6) is -0.943. The van der Waals surface area contributed by atoms with Crippen LogP contribution in [0.2, 0.25) is 20.1 Å². The van der Waals surface area contributed by atoms with Crippen LogP contribution in [0.4, 0.5) is 37.7 Å². The van der Waals surface area contributed by atoms with Gasteiger partial charge in [-0.25, -0.2) is 16.8 Å². The van der Waals surface area contributed by atoms with Crippen LogP contribution in [-0.2, 0) is 57.4 Å². The lowest BCUT2D eigenvalue weighted by Gasteiger charge is -2.23. The van der Waals surface area contributed by atoms with Gasteiger partial charge in [-0.3, -0.25) is 28.6 Å². The van der Waals surface area contributed by atoms with Crippen LogP contribution in [0.3, 0.4) is 0 Å². The van der Waals surface area contributed by atoms with Gasteiger partial charge in [-0.05, 0) is 95.1 Å². The topological polar surface area (TPSA) is 168 Å². The maximum absolute atomic E-state index is 12.6. The molecule has 25 heteroatoms. The minimum Gasteiger partial charge on any atom is -0.348 e. The summed E-state index contributed by atoms with van der Waals surface area (Å²) in [6.45, 7) is -0.0908. The molecule has 0 aliphatic heterocycles. The van der Waals surface area contributed by atoms with Gasteiger partial charge in [-0.15, -0.1) is 0 Å². The molecule has 0 unspecified atom stereocenters. The maximum Gasteiger partial charge on any atom is 0.433 e. The number of nitrogens with one attached hydrogen (secondary N) is 3. The molecule has 3 N–H and O–H groups in total. The minimum atomic E-state index is -4.54. The molecule has 0 bridgehead atoms. The van der Waals surface area contributed by atoms with Crippen molar-refractivity contribution in [2.24, 2.45) is 0 Å². The average Bonchev–Trinajstić information content (AvgIpc) is 3.28. The lowest BCUT2D eigenvalue weighted by molar-refractivity contribution is -0.142. The van der Waals surface area contributed by atoms with Gasteiger partial charge >= 0.3 is 12.4 Å². The smallest absolute Gasteiger partial charge is 0.348 e. The Morgan fingerprint density at radius 3 is 1.39 bits per heavy atom. The molecule has 12 nitrogen and oxygen atoms in total. The predicted molar refractivity (Wildman–Crippen MR) is 259 cm³/mol. The predicted octanol–water partition coefficient (Wildman–Crippen LogP) is 11.6. The largest absolute Gasteiger partial charge is 0.433 e. The number of pyridine rings is 2. The first-order valence-electron chi connectivity index (χ1n) is 19.3. The summed E-state index contributed by atoms with van der Waals surface area (Å²) < 4.78 is 125. The number of sulfonamides is 2. The van der Waals surface area contributed by atoms with E-state index in [2.05, 4.69) is 41.3 Å². The highest BCUT2D eigenvalue weighted by atomic mass is 79.9. The second-order valence-corrected chi connectivity index (χ2v) is 20.1. The number of carbonyl (C=O) groups excluding carboxylic acids is 2. The third-order valence-electron chi connectivity index (χ3n) is 8.93. The fraction of sp³-hybridized carbons (Fsp3) is 0.182. The van der Waals surface area contributed by atoms with Gasteiger partial charge in [0.25, 0.3) is 11.8 Å². The summed E-state index contributed by atoms with van der Waals surface area (Å²) in [6.07, 6.45) is -4.92. The van der Waals surface area contributed by atoms with E-state index in [1.807, 2.05) is 12.1 Å². The van der Waals surface area contributed by atoms with E-state index in [1.165, 1.54) is 60.7 Å². The Morgan fingerprint density at radius 2 is 1.03 bits per heavy atom. The molecule has 0 aliphatic rings. The zero-order valence-electron chi connectivity index (χ0n) is 35.6. The zero-order chi connectivity index (χ0) is 51.3. The van der Waals surface area contributed by atoms with E-state index in [0.29, 0.717) is 43.1 Å². The number of hydrogen-bond acceptors (Lipinski definition) is 8. The van der Waals surface area contributed by atoms with Crippen molar-refractivity contribution in [1.29, 1.82) is 0 Å². The Hall–Kier alpha value is -5.16. The molecule has 6 aromatic rings. The molecular formula is C44H37BrCl4F6N6O6S2. The van der Waals surface area contributed by atoms with Crippen molar-refractivity contribution in [3.8, 4) is 0 Å². The van der Waals surface area contributed by atoms with Gasteiger partial charge in [0.05, 0.1) is 44.8 Å². The number of carbonyl (C=O) groups is 2. The summed E-state index contributed by atoms with van der Waals surface area (Å²) in [7, 11) is -7.10. The Labute approximate surface area is 421 Å². The van der Waals surface area contributed by atoms with Gasteiger partial charge in [0.15, 0.2) is 0 Å². The van der Waals surface area contributed by atoms with Crippen LogP contribution in [0.5, 0.6) is 0 Å². The second-order valence-electron chi connectivity index (χ2n) is 14.3. The van der Waals surface area contributed by atoms with Gasteiger partial charge in [-0.2, -0.15) is 26.3 Å². The number of rotatable bonds is 13. The van der Waals surface area contributed by atoms with E-state index in [4.69, 9.17) is 46.4 Å². The highest BCUT2D eigenvalue weighted by molar-refractivity contribution is 9.08. The Balaban J connectivity index is 0.000000258. The van der Waals surface area contributed by atoms with Crippen LogP contribution in [-0.4, -0.2) is 51.1 Å². The minimum absolute atomic E-state index is 0.00725. The Morgan fingerprint density at radius 1 is 0.609 bits per heavy atom. The quantitative estimate of drug-likeness (QED) is 0.0759. The number of anilines is 2. The van der Waals surface area contributed by atoms with E-state index >= 15 is 0 Å². The Bertz CT molecular complexity index is 2940. The van der Waals surface area contributed by atoms with Crippen LogP contribution in [0.15, 0.2) is 122 Å². The van der Waals surface area contributed by atoms with Crippen LogP contribution < -0.4 is 19.7 Å². The molecular weight excluding hydrogens is 1110 g/mol. The summed E-state index contributed by atoms with van der Waals surface area (Å²) >= 11 is 27.1. The molecule has 0 aliphatic carbocycles. The number of aromatic nitrogens is 2. The van der Waals surface area contributed by atoms with Gasteiger partial charge < -0.3 is 10.6 Å². The first-order valence-corrected chi connectivity index (χ1v) is 25.7. The SMILES string of the molecule is CS(=O)(=O)N(Cc1cccc(Cl)c1Cl)c1ccc(C(=O)NCc2ccc(C(F)(F)F)nc2)cc1.CS(=O)(=O)Nc1ccc(C(=O)NCc2ccc(C(F)(F)F)nc2)cc1.Clc1cccc(CBr)c1Cl. The lowest BCUT2D eigenvalue weighted by atomic mass is 10.1. The summed E-state index contributed by atoms with van der Waals surface area (Å²) in [5, 5.41) is 7.65. The molecule has 0 spiro atoms. The molecule has 0 fully saturated rings. The molecule has 69 heavy (non-hydrogen) atoms. The number of halogens is 11. The van der Waals surface area contributed by atoms with Crippen molar-refractivity contribution < 1.29 is 52.8 Å². The maximum atomic E-state index is 12.6. The van der Waals surface area contributed by atoms with Crippen LogP contribution in [0, 0.1) is 0 Å². The fourth-order valence-corrected chi connectivity index (χ4v) is 8.36. The summed E-state index contributed by atoms with van der Waals surface area (Å²) in [5.41, 5.74) is 1.44. The van der Waals surface area contributed by atoms with E-state index in [-0.39, 0.29) is 35.8 Å². The van der Waals surface area contributed by atoms with Crippen molar-refractivity contribution in [3.63, 3.8) is 0 Å². The average molecular weight is 1150 g/mol. The number of alkyl halides is 7. The summed E-state index contributed by atoms with van der Waals surface area (Å²) in [4.78, 5) is 31.1.